The second-order valence-corrected chi connectivity index (χ2v) is 4.59. The first kappa shape index (κ1) is 11.9. The molecule has 4 heteroatoms. The number of hydrogen-bond donors (Lipinski definition) is 2. The second kappa shape index (κ2) is 4.37. The van der Waals surface area contributed by atoms with Crippen LogP contribution in [0.2, 0.25) is 0 Å². The standard InChI is InChI=1S/C13H18N2O2/c1-9(15-12(16)13(14)7-8-13)10-5-3-4-6-11(10)17-2/h3-6,9H,7-8,14H2,1-2H3,(H,15,16). The molecule has 4 nitrogen and oxygen atoms in total. The van der Waals surface area contributed by atoms with E-state index in [-0.39, 0.29) is 11.9 Å². The summed E-state index contributed by atoms with van der Waals surface area (Å²) in [4.78, 5) is 11.8. The Morgan fingerprint density at radius 3 is 2.71 bits per heavy atom. The fraction of sp³-hybridized carbons (Fsp3) is 0.462. The van der Waals surface area contributed by atoms with Crippen molar-refractivity contribution < 1.29 is 9.53 Å². The fourth-order valence-electron chi connectivity index (χ4n) is 1.80. The van der Waals surface area contributed by atoms with Crippen LogP contribution in [0.25, 0.3) is 0 Å². The van der Waals surface area contributed by atoms with E-state index in [2.05, 4.69) is 5.32 Å². The van der Waals surface area contributed by atoms with Crippen LogP contribution in [0.15, 0.2) is 24.3 Å². The molecule has 17 heavy (non-hydrogen) atoms. The monoisotopic (exact) mass is 234 g/mol. The highest BCUT2D eigenvalue weighted by atomic mass is 16.5. The van der Waals surface area contributed by atoms with E-state index < -0.39 is 5.54 Å². The van der Waals surface area contributed by atoms with Gasteiger partial charge in [0.1, 0.15) is 5.75 Å². The first-order chi connectivity index (χ1) is 8.07. The van der Waals surface area contributed by atoms with Crippen LogP contribution in [0.3, 0.4) is 0 Å². The Labute approximate surface area is 101 Å². The summed E-state index contributed by atoms with van der Waals surface area (Å²) in [7, 11) is 1.62. The number of nitrogens with two attached hydrogens (primary N) is 1. The van der Waals surface area contributed by atoms with Gasteiger partial charge in [-0.05, 0) is 25.8 Å². The smallest absolute Gasteiger partial charge is 0.240 e. The second-order valence-electron chi connectivity index (χ2n) is 4.59. The summed E-state index contributed by atoms with van der Waals surface area (Å²) in [6.07, 6.45) is 1.55. The van der Waals surface area contributed by atoms with Crippen LogP contribution in [-0.4, -0.2) is 18.6 Å². The van der Waals surface area contributed by atoms with Crippen LogP contribution in [-0.2, 0) is 4.79 Å². The van der Waals surface area contributed by atoms with Gasteiger partial charge in [-0.25, -0.2) is 0 Å². The van der Waals surface area contributed by atoms with Gasteiger partial charge in [0.2, 0.25) is 5.91 Å². The van der Waals surface area contributed by atoms with Gasteiger partial charge in [0.15, 0.2) is 0 Å². The molecule has 0 heterocycles. The zero-order chi connectivity index (χ0) is 12.5. The third-order valence-corrected chi connectivity index (χ3v) is 3.19. The summed E-state index contributed by atoms with van der Waals surface area (Å²) in [6.45, 7) is 1.93. The molecule has 0 aliphatic heterocycles. The molecule has 1 unspecified atom stereocenters. The summed E-state index contributed by atoms with van der Waals surface area (Å²) >= 11 is 0. The number of rotatable bonds is 4. The molecule has 0 spiro atoms. The first-order valence-electron chi connectivity index (χ1n) is 5.79. The van der Waals surface area contributed by atoms with Crippen molar-refractivity contribution in [2.75, 3.05) is 7.11 Å². The average Bonchev–Trinajstić information content (AvgIpc) is 3.08. The van der Waals surface area contributed by atoms with Crippen LogP contribution in [0.1, 0.15) is 31.4 Å². The molecule has 1 aliphatic carbocycles. The molecule has 1 fully saturated rings. The number of benzene rings is 1. The topological polar surface area (TPSA) is 64.3 Å². The van der Waals surface area contributed by atoms with Crippen molar-refractivity contribution >= 4 is 5.91 Å². The molecule has 1 aromatic carbocycles. The van der Waals surface area contributed by atoms with E-state index in [0.29, 0.717) is 0 Å². The molecule has 0 radical (unpaired) electrons. The van der Waals surface area contributed by atoms with Gasteiger partial charge in [-0.2, -0.15) is 0 Å². The average molecular weight is 234 g/mol. The van der Waals surface area contributed by atoms with Crippen LogP contribution >= 0.6 is 0 Å². The molecule has 1 aromatic rings. The van der Waals surface area contributed by atoms with Crippen molar-refractivity contribution in [3.63, 3.8) is 0 Å². The zero-order valence-electron chi connectivity index (χ0n) is 10.2. The van der Waals surface area contributed by atoms with Gasteiger partial charge in [-0.3, -0.25) is 4.79 Å². The predicted molar refractivity (Wildman–Crippen MR) is 65.7 cm³/mol. The van der Waals surface area contributed by atoms with Crippen LogP contribution in [0.4, 0.5) is 0 Å². The summed E-state index contributed by atoms with van der Waals surface area (Å²) < 4.78 is 5.27. The third kappa shape index (κ3) is 2.42. The van der Waals surface area contributed by atoms with Crippen molar-refractivity contribution in [1.29, 1.82) is 0 Å². The molecule has 3 N–H and O–H groups in total. The maximum Gasteiger partial charge on any atom is 0.240 e. The number of para-hydroxylation sites is 1. The lowest BCUT2D eigenvalue weighted by Crippen LogP contribution is -2.43. The molecule has 1 aliphatic rings. The Morgan fingerprint density at radius 1 is 1.47 bits per heavy atom. The van der Waals surface area contributed by atoms with Crippen molar-refractivity contribution in [1.82, 2.24) is 5.32 Å². The van der Waals surface area contributed by atoms with Crippen LogP contribution in [0, 0.1) is 0 Å². The maximum atomic E-state index is 11.8. The predicted octanol–water partition coefficient (Wildman–Crippen LogP) is 1.36. The third-order valence-electron chi connectivity index (χ3n) is 3.19. The number of methoxy groups -OCH3 is 1. The number of amides is 1. The molecule has 1 saturated carbocycles. The molecular formula is C13H18N2O2. The van der Waals surface area contributed by atoms with Crippen molar-refractivity contribution in [3.8, 4) is 5.75 Å². The number of hydrogen-bond acceptors (Lipinski definition) is 3. The van der Waals surface area contributed by atoms with Gasteiger partial charge in [-0.1, -0.05) is 18.2 Å². The van der Waals surface area contributed by atoms with E-state index in [1.807, 2.05) is 31.2 Å². The normalized spacial score (nSPS) is 18.3. The minimum atomic E-state index is -0.629. The van der Waals surface area contributed by atoms with E-state index >= 15 is 0 Å². The van der Waals surface area contributed by atoms with Gasteiger partial charge in [0, 0.05) is 5.56 Å². The molecule has 92 valence electrons. The van der Waals surface area contributed by atoms with E-state index in [4.69, 9.17) is 10.5 Å². The van der Waals surface area contributed by atoms with Gasteiger partial charge in [0.05, 0.1) is 18.7 Å². The Bertz CT molecular complexity index is 427. The summed E-state index contributed by atoms with van der Waals surface area (Å²) in [5.41, 5.74) is 6.18. The quantitative estimate of drug-likeness (QED) is 0.826. The first-order valence-corrected chi connectivity index (χ1v) is 5.79. The van der Waals surface area contributed by atoms with Crippen molar-refractivity contribution in [3.05, 3.63) is 29.8 Å². The molecule has 0 aromatic heterocycles. The van der Waals surface area contributed by atoms with Gasteiger partial charge < -0.3 is 15.8 Å². The number of carbonyl (C=O) groups is 1. The lowest BCUT2D eigenvalue weighted by Gasteiger charge is -2.19. The molecule has 0 saturated heterocycles. The van der Waals surface area contributed by atoms with E-state index in [1.54, 1.807) is 7.11 Å². The summed E-state index contributed by atoms with van der Waals surface area (Å²) in [6, 6.07) is 7.56. The molecule has 2 rings (SSSR count). The molecule has 1 amide bonds. The van der Waals surface area contributed by atoms with Gasteiger partial charge >= 0.3 is 0 Å². The lowest BCUT2D eigenvalue weighted by molar-refractivity contribution is -0.123. The van der Waals surface area contributed by atoms with Gasteiger partial charge in [-0.15, -0.1) is 0 Å². The Balaban J connectivity index is 2.09. The molecular weight excluding hydrogens is 216 g/mol. The minimum absolute atomic E-state index is 0.0732. The highest BCUT2D eigenvalue weighted by Gasteiger charge is 2.46. The highest BCUT2D eigenvalue weighted by molar-refractivity contribution is 5.89. The lowest BCUT2D eigenvalue weighted by atomic mass is 10.1. The zero-order valence-corrected chi connectivity index (χ0v) is 10.2. The largest absolute Gasteiger partial charge is 0.496 e. The number of nitrogens with one attached hydrogen (secondary N) is 1. The SMILES string of the molecule is COc1ccccc1C(C)NC(=O)C1(N)CC1. The fourth-order valence-corrected chi connectivity index (χ4v) is 1.80. The minimum Gasteiger partial charge on any atom is -0.496 e. The van der Waals surface area contributed by atoms with E-state index in [9.17, 15) is 4.79 Å². The summed E-state index contributed by atoms with van der Waals surface area (Å²) in [5.74, 6) is 0.707. The Morgan fingerprint density at radius 2 is 2.12 bits per heavy atom. The highest BCUT2D eigenvalue weighted by Crippen LogP contribution is 2.33. The van der Waals surface area contributed by atoms with E-state index in [0.717, 1.165) is 24.2 Å². The van der Waals surface area contributed by atoms with Crippen molar-refractivity contribution in [2.24, 2.45) is 5.73 Å². The molecule has 0 bridgehead atoms. The van der Waals surface area contributed by atoms with Crippen LogP contribution in [0.5, 0.6) is 5.75 Å². The Kier molecular flexibility index (Phi) is 3.07. The van der Waals surface area contributed by atoms with Crippen LogP contribution < -0.4 is 15.8 Å². The Hall–Kier alpha value is -1.55. The summed E-state index contributed by atoms with van der Waals surface area (Å²) in [5, 5.41) is 2.93. The van der Waals surface area contributed by atoms with Crippen molar-refractivity contribution in [2.45, 2.75) is 31.3 Å². The van der Waals surface area contributed by atoms with E-state index in [1.165, 1.54) is 0 Å². The maximum absolute atomic E-state index is 11.8. The molecule has 1 atom stereocenters. The number of ether oxygens (including phenoxy) is 1. The van der Waals surface area contributed by atoms with Gasteiger partial charge in [0.25, 0.3) is 0 Å². The number of carbonyl (C=O) groups excluding carboxylic acids is 1.